The summed E-state index contributed by atoms with van der Waals surface area (Å²) in [6, 6.07) is 9.04. The predicted molar refractivity (Wildman–Crippen MR) is 74.8 cm³/mol. The average molecular weight is 274 g/mol. The first-order chi connectivity index (χ1) is 9.47. The van der Waals surface area contributed by atoms with Gasteiger partial charge in [-0.2, -0.15) is 0 Å². The molecule has 1 amide bonds. The smallest absolute Gasteiger partial charge is 0.252 e. The van der Waals surface area contributed by atoms with E-state index in [0.29, 0.717) is 17.0 Å². The molecule has 0 aliphatic carbocycles. The van der Waals surface area contributed by atoms with Gasteiger partial charge < -0.3 is 16.2 Å². The monoisotopic (exact) mass is 274 g/mol. The van der Waals surface area contributed by atoms with Crippen molar-refractivity contribution in [3.8, 4) is 5.75 Å². The number of primary amides is 1. The summed E-state index contributed by atoms with van der Waals surface area (Å²) in [5.41, 5.74) is 13.2. The van der Waals surface area contributed by atoms with E-state index in [0.717, 1.165) is 5.56 Å². The second-order valence-electron chi connectivity index (χ2n) is 4.48. The van der Waals surface area contributed by atoms with Crippen LogP contribution in [-0.2, 0) is 6.61 Å². The van der Waals surface area contributed by atoms with Gasteiger partial charge in [0.2, 0.25) is 0 Å². The molecule has 104 valence electrons. The number of nitrogens with two attached hydrogens (primary N) is 2. The molecule has 2 rings (SSSR count). The average Bonchev–Trinajstić information content (AvgIpc) is 2.39. The van der Waals surface area contributed by atoms with Crippen LogP contribution in [-0.4, -0.2) is 5.91 Å². The largest absolute Gasteiger partial charge is 0.488 e. The van der Waals surface area contributed by atoms with Crippen LogP contribution in [0.3, 0.4) is 0 Å². The van der Waals surface area contributed by atoms with Gasteiger partial charge in [-0.1, -0.05) is 6.07 Å². The third-order valence-electron chi connectivity index (χ3n) is 2.97. The molecular weight excluding hydrogens is 259 g/mol. The van der Waals surface area contributed by atoms with Crippen molar-refractivity contribution in [3.05, 3.63) is 58.9 Å². The minimum atomic E-state index is -0.601. The molecule has 2 aromatic rings. The summed E-state index contributed by atoms with van der Waals surface area (Å²) in [4.78, 5) is 11.3. The third kappa shape index (κ3) is 3.06. The third-order valence-corrected chi connectivity index (χ3v) is 2.97. The molecular formula is C15H15FN2O2. The van der Waals surface area contributed by atoms with E-state index in [9.17, 15) is 9.18 Å². The number of aryl methyl sites for hydroxylation is 1. The van der Waals surface area contributed by atoms with E-state index in [2.05, 4.69) is 0 Å². The number of ether oxygens (including phenoxy) is 1. The van der Waals surface area contributed by atoms with Crippen molar-refractivity contribution >= 4 is 11.6 Å². The highest BCUT2D eigenvalue weighted by Crippen LogP contribution is 2.23. The number of anilines is 1. The number of halogens is 1. The van der Waals surface area contributed by atoms with E-state index in [1.54, 1.807) is 12.1 Å². The molecule has 0 saturated carbocycles. The van der Waals surface area contributed by atoms with Crippen LogP contribution < -0.4 is 16.2 Å². The molecule has 20 heavy (non-hydrogen) atoms. The lowest BCUT2D eigenvalue weighted by Crippen LogP contribution is -2.13. The van der Waals surface area contributed by atoms with Gasteiger partial charge in [-0.3, -0.25) is 4.79 Å². The maximum atomic E-state index is 13.2. The van der Waals surface area contributed by atoms with Crippen molar-refractivity contribution in [3.63, 3.8) is 0 Å². The molecule has 0 fully saturated rings. The predicted octanol–water partition coefficient (Wildman–Crippen LogP) is 2.39. The minimum absolute atomic E-state index is 0.132. The maximum absolute atomic E-state index is 13.2. The second kappa shape index (κ2) is 5.61. The van der Waals surface area contributed by atoms with Gasteiger partial charge in [-0.05, 0) is 42.3 Å². The Bertz CT molecular complexity index is 656. The van der Waals surface area contributed by atoms with Gasteiger partial charge in [0.15, 0.2) is 0 Å². The van der Waals surface area contributed by atoms with Gasteiger partial charge in [0.05, 0.1) is 5.56 Å². The van der Waals surface area contributed by atoms with Crippen LogP contribution in [0.15, 0.2) is 36.4 Å². The first kappa shape index (κ1) is 13.9. The zero-order valence-electron chi connectivity index (χ0n) is 11.0. The number of carbonyl (C=O) groups is 1. The van der Waals surface area contributed by atoms with Crippen molar-refractivity contribution in [2.75, 3.05) is 5.73 Å². The van der Waals surface area contributed by atoms with Crippen LogP contribution in [0.1, 0.15) is 21.5 Å². The number of rotatable bonds is 4. The zero-order chi connectivity index (χ0) is 14.7. The van der Waals surface area contributed by atoms with Crippen molar-refractivity contribution in [1.29, 1.82) is 0 Å². The van der Waals surface area contributed by atoms with E-state index in [1.807, 2.05) is 6.92 Å². The molecule has 5 heteroatoms. The highest BCUT2D eigenvalue weighted by Gasteiger charge is 2.10. The normalized spacial score (nSPS) is 10.3. The summed E-state index contributed by atoms with van der Waals surface area (Å²) in [6.07, 6.45) is 0. The Morgan fingerprint density at radius 1 is 1.25 bits per heavy atom. The van der Waals surface area contributed by atoms with Crippen LogP contribution in [0.4, 0.5) is 10.1 Å². The van der Waals surface area contributed by atoms with E-state index in [-0.39, 0.29) is 18.0 Å². The fraction of sp³-hybridized carbons (Fsp3) is 0.133. The van der Waals surface area contributed by atoms with Crippen molar-refractivity contribution < 1.29 is 13.9 Å². The van der Waals surface area contributed by atoms with E-state index in [1.165, 1.54) is 24.3 Å². The zero-order valence-corrected chi connectivity index (χ0v) is 11.0. The fourth-order valence-electron chi connectivity index (χ4n) is 1.81. The van der Waals surface area contributed by atoms with Crippen LogP contribution >= 0.6 is 0 Å². The molecule has 0 bridgehead atoms. The molecule has 0 aliphatic heterocycles. The Labute approximate surface area is 116 Å². The van der Waals surface area contributed by atoms with Crippen molar-refractivity contribution in [2.45, 2.75) is 13.5 Å². The summed E-state index contributed by atoms with van der Waals surface area (Å²) >= 11 is 0. The lowest BCUT2D eigenvalue weighted by molar-refractivity contribution is 0.0996. The molecule has 0 saturated heterocycles. The van der Waals surface area contributed by atoms with Gasteiger partial charge in [-0.15, -0.1) is 0 Å². The molecule has 0 aliphatic rings. The molecule has 0 spiro atoms. The van der Waals surface area contributed by atoms with E-state index < -0.39 is 5.91 Å². The van der Waals surface area contributed by atoms with Gasteiger partial charge in [0.25, 0.3) is 5.91 Å². The number of benzene rings is 2. The summed E-state index contributed by atoms with van der Waals surface area (Å²) in [5.74, 6) is -0.644. The number of hydrogen-bond donors (Lipinski definition) is 2. The van der Waals surface area contributed by atoms with Crippen LogP contribution in [0.2, 0.25) is 0 Å². The number of nitrogen functional groups attached to an aromatic ring is 1. The van der Waals surface area contributed by atoms with E-state index >= 15 is 0 Å². The van der Waals surface area contributed by atoms with Gasteiger partial charge in [0.1, 0.15) is 18.2 Å². The molecule has 4 nitrogen and oxygen atoms in total. The lowest BCUT2D eigenvalue weighted by Gasteiger charge is -2.12. The molecule has 0 atom stereocenters. The molecule has 4 N–H and O–H groups in total. The standard InChI is InChI=1S/C15H15FN2O2/c1-9-2-3-11(16)6-10(9)8-20-14-7-12(17)4-5-13(14)15(18)19/h2-7H,8,17H2,1H3,(H2,18,19). The number of carbonyl (C=O) groups excluding carboxylic acids is 1. The summed E-state index contributed by atoms with van der Waals surface area (Å²) in [5, 5.41) is 0. The van der Waals surface area contributed by atoms with Crippen LogP contribution in [0.5, 0.6) is 5.75 Å². The Balaban J connectivity index is 2.24. The lowest BCUT2D eigenvalue weighted by atomic mass is 10.1. The summed E-state index contributed by atoms with van der Waals surface area (Å²) in [6.45, 7) is 1.99. The Hall–Kier alpha value is -2.56. The first-order valence-corrected chi connectivity index (χ1v) is 6.04. The summed E-state index contributed by atoms with van der Waals surface area (Å²) in [7, 11) is 0. The SMILES string of the molecule is Cc1ccc(F)cc1COc1cc(N)ccc1C(N)=O. The Morgan fingerprint density at radius 3 is 2.70 bits per heavy atom. The molecule has 0 heterocycles. The minimum Gasteiger partial charge on any atom is -0.488 e. The highest BCUT2D eigenvalue weighted by molar-refractivity contribution is 5.96. The van der Waals surface area contributed by atoms with Crippen LogP contribution in [0, 0.1) is 12.7 Å². The van der Waals surface area contributed by atoms with Crippen molar-refractivity contribution in [1.82, 2.24) is 0 Å². The number of hydrogen-bond acceptors (Lipinski definition) is 3. The Morgan fingerprint density at radius 2 is 2.00 bits per heavy atom. The van der Waals surface area contributed by atoms with Crippen molar-refractivity contribution in [2.24, 2.45) is 5.73 Å². The van der Waals surface area contributed by atoms with Crippen LogP contribution in [0.25, 0.3) is 0 Å². The molecule has 0 radical (unpaired) electrons. The second-order valence-corrected chi connectivity index (χ2v) is 4.48. The molecule has 2 aromatic carbocycles. The molecule has 0 unspecified atom stereocenters. The highest BCUT2D eigenvalue weighted by atomic mass is 19.1. The fourth-order valence-corrected chi connectivity index (χ4v) is 1.81. The summed E-state index contributed by atoms with van der Waals surface area (Å²) < 4.78 is 18.7. The Kier molecular flexibility index (Phi) is 3.89. The topological polar surface area (TPSA) is 78.3 Å². The quantitative estimate of drug-likeness (QED) is 0.840. The first-order valence-electron chi connectivity index (χ1n) is 6.04. The van der Waals surface area contributed by atoms with E-state index in [4.69, 9.17) is 16.2 Å². The van der Waals surface area contributed by atoms with Gasteiger partial charge in [0, 0.05) is 11.8 Å². The van der Waals surface area contributed by atoms with Gasteiger partial charge in [-0.25, -0.2) is 4.39 Å². The number of amides is 1. The van der Waals surface area contributed by atoms with Gasteiger partial charge >= 0.3 is 0 Å². The maximum Gasteiger partial charge on any atom is 0.252 e. The molecule has 0 aromatic heterocycles.